The highest BCUT2D eigenvalue weighted by Gasteiger charge is 2.30. The third kappa shape index (κ3) is 4.49. The fourth-order valence-electron chi connectivity index (χ4n) is 1.89. The van der Waals surface area contributed by atoms with E-state index in [2.05, 4.69) is 20.3 Å². The number of nitrogens with zero attached hydrogens (tertiary/aromatic N) is 1. The molecule has 2 aromatic rings. The number of hydrogen-bond acceptors (Lipinski definition) is 3. The van der Waals surface area contributed by atoms with Gasteiger partial charge in [0.15, 0.2) is 0 Å². The van der Waals surface area contributed by atoms with Gasteiger partial charge in [0.25, 0.3) is 0 Å². The molecule has 1 heterocycles. The highest BCUT2D eigenvalue weighted by molar-refractivity contribution is 5.29. The first-order valence-corrected chi connectivity index (χ1v) is 6.43. The number of aryl methyl sites for hydroxylation is 1. The van der Waals surface area contributed by atoms with Crippen molar-refractivity contribution in [1.29, 1.82) is 0 Å². The Kier molecular flexibility index (Phi) is 4.52. The molecule has 1 atom stereocenters. The van der Waals surface area contributed by atoms with Gasteiger partial charge in [0.1, 0.15) is 5.75 Å². The maximum Gasteiger partial charge on any atom is 0.573 e. The van der Waals surface area contributed by atoms with Crippen molar-refractivity contribution in [3.05, 3.63) is 47.3 Å². The van der Waals surface area contributed by atoms with Crippen molar-refractivity contribution >= 4 is 0 Å². The molecule has 2 rings (SSSR count). The van der Waals surface area contributed by atoms with Crippen LogP contribution in [0.2, 0.25) is 0 Å². The molecule has 1 unspecified atom stereocenters. The lowest BCUT2D eigenvalue weighted by molar-refractivity contribution is -0.274. The van der Waals surface area contributed by atoms with Gasteiger partial charge >= 0.3 is 6.36 Å². The van der Waals surface area contributed by atoms with Crippen LogP contribution in [0.15, 0.2) is 30.5 Å². The second-order valence-corrected chi connectivity index (χ2v) is 4.74. The zero-order valence-corrected chi connectivity index (χ0v) is 11.7. The van der Waals surface area contributed by atoms with Crippen LogP contribution in [-0.2, 0) is 6.54 Å². The van der Waals surface area contributed by atoms with E-state index in [1.807, 2.05) is 13.8 Å². The van der Waals surface area contributed by atoms with Gasteiger partial charge in [-0.15, -0.1) is 13.2 Å². The largest absolute Gasteiger partial charge is 0.573 e. The van der Waals surface area contributed by atoms with Crippen LogP contribution in [0.4, 0.5) is 13.2 Å². The van der Waals surface area contributed by atoms with Crippen LogP contribution in [0.3, 0.4) is 0 Å². The highest BCUT2D eigenvalue weighted by Crippen LogP contribution is 2.24. The average molecular weight is 299 g/mol. The van der Waals surface area contributed by atoms with Crippen molar-refractivity contribution in [2.24, 2.45) is 0 Å². The second kappa shape index (κ2) is 6.17. The molecule has 0 amide bonds. The maximum absolute atomic E-state index is 12.1. The van der Waals surface area contributed by atoms with E-state index < -0.39 is 6.36 Å². The van der Waals surface area contributed by atoms with Crippen molar-refractivity contribution in [1.82, 2.24) is 15.5 Å². The number of halogens is 3. The summed E-state index contributed by atoms with van der Waals surface area (Å²) < 4.78 is 40.1. The molecule has 1 aromatic carbocycles. The van der Waals surface area contributed by atoms with E-state index in [0.717, 1.165) is 16.8 Å². The van der Waals surface area contributed by atoms with Gasteiger partial charge < -0.3 is 10.1 Å². The number of aromatic amines is 1. The van der Waals surface area contributed by atoms with Crippen LogP contribution in [0.5, 0.6) is 5.75 Å². The molecule has 4 nitrogen and oxygen atoms in total. The lowest BCUT2D eigenvalue weighted by Crippen LogP contribution is -2.19. The fraction of sp³-hybridized carbons (Fsp3) is 0.357. The maximum atomic E-state index is 12.1. The van der Waals surface area contributed by atoms with Gasteiger partial charge in [-0.25, -0.2) is 0 Å². The van der Waals surface area contributed by atoms with Gasteiger partial charge in [0.2, 0.25) is 0 Å². The van der Waals surface area contributed by atoms with Crippen molar-refractivity contribution in [2.45, 2.75) is 32.8 Å². The normalized spacial score (nSPS) is 13.2. The molecule has 0 aliphatic rings. The summed E-state index contributed by atoms with van der Waals surface area (Å²) in [7, 11) is 0. The number of ether oxygens (including phenoxy) is 1. The smallest absolute Gasteiger partial charge is 0.406 e. The molecular weight excluding hydrogens is 283 g/mol. The monoisotopic (exact) mass is 299 g/mol. The van der Waals surface area contributed by atoms with Gasteiger partial charge in [0.05, 0.1) is 6.20 Å². The van der Waals surface area contributed by atoms with E-state index >= 15 is 0 Å². The van der Waals surface area contributed by atoms with E-state index in [9.17, 15) is 13.2 Å². The Labute approximate surface area is 120 Å². The van der Waals surface area contributed by atoms with E-state index in [0.29, 0.717) is 6.54 Å². The zero-order chi connectivity index (χ0) is 15.5. The van der Waals surface area contributed by atoms with Crippen LogP contribution >= 0.6 is 0 Å². The highest BCUT2D eigenvalue weighted by atomic mass is 19.4. The summed E-state index contributed by atoms with van der Waals surface area (Å²) in [5.74, 6) is -0.218. The van der Waals surface area contributed by atoms with E-state index in [1.165, 1.54) is 12.1 Å². The standard InChI is InChI=1S/C14H16F3N3O/c1-9(18-7-12-8-19-20-10(12)2)11-3-5-13(6-4-11)21-14(15,16)17/h3-6,8-9,18H,7H2,1-2H3,(H,19,20). The average Bonchev–Trinajstić information content (AvgIpc) is 2.80. The molecule has 21 heavy (non-hydrogen) atoms. The predicted molar refractivity (Wildman–Crippen MR) is 71.7 cm³/mol. The summed E-state index contributed by atoms with van der Waals surface area (Å²) >= 11 is 0. The Hall–Kier alpha value is -2.02. The van der Waals surface area contributed by atoms with E-state index in [4.69, 9.17) is 0 Å². The Balaban J connectivity index is 1.93. The summed E-state index contributed by atoms with van der Waals surface area (Å²) in [4.78, 5) is 0. The van der Waals surface area contributed by atoms with Gasteiger partial charge in [-0.2, -0.15) is 5.10 Å². The van der Waals surface area contributed by atoms with Crippen LogP contribution in [0.25, 0.3) is 0 Å². The van der Waals surface area contributed by atoms with Gasteiger partial charge in [-0.1, -0.05) is 12.1 Å². The first kappa shape index (κ1) is 15.4. The van der Waals surface area contributed by atoms with E-state index in [-0.39, 0.29) is 11.8 Å². The Morgan fingerprint density at radius 1 is 1.29 bits per heavy atom. The summed E-state index contributed by atoms with van der Waals surface area (Å²) in [6.07, 6.45) is -2.92. The zero-order valence-electron chi connectivity index (χ0n) is 11.7. The van der Waals surface area contributed by atoms with Crippen molar-refractivity contribution in [3.8, 4) is 5.75 Å². The van der Waals surface area contributed by atoms with Crippen molar-refractivity contribution in [2.75, 3.05) is 0 Å². The second-order valence-electron chi connectivity index (χ2n) is 4.74. The third-order valence-electron chi connectivity index (χ3n) is 3.15. The lowest BCUT2D eigenvalue weighted by Gasteiger charge is -2.15. The minimum atomic E-state index is -4.66. The number of alkyl halides is 3. The number of rotatable bonds is 5. The first-order chi connectivity index (χ1) is 9.85. The predicted octanol–water partition coefficient (Wildman–Crippen LogP) is 3.47. The summed E-state index contributed by atoms with van der Waals surface area (Å²) in [6, 6.07) is 5.84. The van der Waals surface area contributed by atoms with Crippen LogP contribution in [0.1, 0.15) is 29.8 Å². The van der Waals surface area contributed by atoms with Crippen LogP contribution in [0, 0.1) is 6.92 Å². The molecule has 0 aliphatic carbocycles. The number of H-pyrrole nitrogens is 1. The molecule has 0 aliphatic heterocycles. The van der Waals surface area contributed by atoms with Gasteiger partial charge in [-0.3, -0.25) is 5.10 Å². The molecule has 0 bridgehead atoms. The van der Waals surface area contributed by atoms with Crippen molar-refractivity contribution < 1.29 is 17.9 Å². The quantitative estimate of drug-likeness (QED) is 0.889. The third-order valence-corrected chi connectivity index (χ3v) is 3.15. The lowest BCUT2D eigenvalue weighted by atomic mass is 10.1. The number of aromatic nitrogens is 2. The Morgan fingerprint density at radius 3 is 2.48 bits per heavy atom. The number of nitrogens with one attached hydrogen (secondary N) is 2. The molecule has 1 aromatic heterocycles. The van der Waals surface area contributed by atoms with E-state index in [1.54, 1.807) is 18.3 Å². The molecule has 0 saturated heterocycles. The molecular formula is C14H16F3N3O. The summed E-state index contributed by atoms with van der Waals surface area (Å²) in [6.45, 7) is 4.50. The van der Waals surface area contributed by atoms with Crippen LogP contribution < -0.4 is 10.1 Å². The fourth-order valence-corrected chi connectivity index (χ4v) is 1.89. The topological polar surface area (TPSA) is 49.9 Å². The minimum Gasteiger partial charge on any atom is -0.406 e. The molecule has 0 saturated carbocycles. The molecule has 114 valence electrons. The summed E-state index contributed by atoms with van der Waals surface area (Å²) in [5, 5.41) is 10.1. The van der Waals surface area contributed by atoms with Crippen LogP contribution in [-0.4, -0.2) is 16.6 Å². The molecule has 0 spiro atoms. The number of benzene rings is 1. The SMILES string of the molecule is Cc1[nH]ncc1CNC(C)c1ccc(OC(F)(F)F)cc1. The van der Waals surface area contributed by atoms with Crippen molar-refractivity contribution in [3.63, 3.8) is 0 Å². The molecule has 0 radical (unpaired) electrons. The molecule has 7 heteroatoms. The Morgan fingerprint density at radius 2 is 1.95 bits per heavy atom. The molecule has 0 fully saturated rings. The Bertz CT molecular complexity index is 578. The van der Waals surface area contributed by atoms with Gasteiger partial charge in [0, 0.05) is 23.8 Å². The first-order valence-electron chi connectivity index (χ1n) is 6.43. The minimum absolute atomic E-state index is 0.000707. The van der Waals surface area contributed by atoms with Gasteiger partial charge in [-0.05, 0) is 31.5 Å². The molecule has 2 N–H and O–H groups in total. The number of hydrogen-bond donors (Lipinski definition) is 2. The summed E-state index contributed by atoms with van der Waals surface area (Å²) in [5.41, 5.74) is 2.92.